The second kappa shape index (κ2) is 13.3. The van der Waals surface area contributed by atoms with Crippen molar-refractivity contribution in [1.29, 1.82) is 0 Å². The average molecular weight is 575 g/mol. The third kappa shape index (κ3) is 6.78. The molecule has 3 aromatic rings. The van der Waals surface area contributed by atoms with E-state index in [0.717, 1.165) is 53.3 Å². The Balaban J connectivity index is 1.34. The van der Waals surface area contributed by atoms with Crippen LogP contribution in [0.25, 0.3) is 0 Å². The highest BCUT2D eigenvalue weighted by atomic mass is 35.5. The van der Waals surface area contributed by atoms with Gasteiger partial charge in [-0.2, -0.15) is 0 Å². The Morgan fingerprint density at radius 2 is 2.16 bits per heavy atom. The van der Waals surface area contributed by atoms with Crippen molar-refractivity contribution in [3.8, 4) is 5.75 Å². The van der Waals surface area contributed by atoms with Crippen LogP contribution in [0.3, 0.4) is 0 Å². The molecule has 1 amide bonds. The highest BCUT2D eigenvalue weighted by molar-refractivity contribution is 7.99. The molecule has 0 aliphatic heterocycles. The second-order valence-electron chi connectivity index (χ2n) is 8.78. The van der Waals surface area contributed by atoms with Gasteiger partial charge in [0.2, 0.25) is 5.91 Å². The zero-order chi connectivity index (χ0) is 27.1. The third-order valence-corrected chi connectivity index (χ3v) is 8.44. The van der Waals surface area contributed by atoms with Gasteiger partial charge >= 0.3 is 5.97 Å². The van der Waals surface area contributed by atoms with Gasteiger partial charge < -0.3 is 19.4 Å². The zero-order valence-corrected chi connectivity index (χ0v) is 23.9. The molecular weight excluding hydrogens is 544 g/mol. The molecule has 2 heterocycles. The number of aryl methyl sites for hydroxylation is 3. The minimum absolute atomic E-state index is 0.138. The monoisotopic (exact) mass is 574 g/mol. The minimum Gasteiger partial charge on any atom is -0.493 e. The molecule has 11 heteroatoms. The van der Waals surface area contributed by atoms with E-state index in [1.807, 2.05) is 29.7 Å². The Morgan fingerprint density at radius 1 is 1.32 bits per heavy atom. The van der Waals surface area contributed by atoms with Crippen LogP contribution in [0.2, 0.25) is 5.02 Å². The number of hydrogen-bond donors (Lipinski definition) is 1. The van der Waals surface area contributed by atoms with Crippen LogP contribution in [0.1, 0.15) is 52.0 Å². The van der Waals surface area contributed by atoms with Gasteiger partial charge in [-0.05, 0) is 68.9 Å². The van der Waals surface area contributed by atoms with Gasteiger partial charge in [-0.15, -0.1) is 28.1 Å². The predicted octanol–water partition coefficient (Wildman–Crippen LogP) is 5.90. The normalized spacial score (nSPS) is 12.3. The first-order valence-electron chi connectivity index (χ1n) is 12.6. The SMILES string of the molecule is C=CCn1c(CCCOc2ccc(Cl)cc2C)nnc1SCC(=O)Nc1sc2c(c1C(=O)OCC)CCC2. The highest BCUT2D eigenvalue weighted by Crippen LogP contribution is 2.39. The van der Waals surface area contributed by atoms with E-state index >= 15 is 0 Å². The van der Waals surface area contributed by atoms with Crippen LogP contribution in [-0.4, -0.2) is 45.6 Å². The lowest BCUT2D eigenvalue weighted by molar-refractivity contribution is -0.113. The summed E-state index contributed by atoms with van der Waals surface area (Å²) in [7, 11) is 0. The number of ether oxygens (including phenoxy) is 2. The van der Waals surface area contributed by atoms with Crippen molar-refractivity contribution in [2.75, 3.05) is 24.3 Å². The number of carbonyl (C=O) groups excluding carboxylic acids is 2. The Kier molecular flexibility index (Phi) is 9.87. The number of anilines is 1. The van der Waals surface area contributed by atoms with Crippen LogP contribution in [0, 0.1) is 6.92 Å². The number of esters is 1. The van der Waals surface area contributed by atoms with Gasteiger partial charge in [0.15, 0.2) is 5.16 Å². The molecule has 1 aliphatic rings. The van der Waals surface area contributed by atoms with E-state index in [9.17, 15) is 9.59 Å². The van der Waals surface area contributed by atoms with Gasteiger partial charge in [0, 0.05) is 22.9 Å². The van der Waals surface area contributed by atoms with E-state index in [1.54, 1.807) is 13.0 Å². The lowest BCUT2D eigenvalue weighted by atomic mass is 10.1. The molecule has 0 saturated carbocycles. The summed E-state index contributed by atoms with van der Waals surface area (Å²) in [4.78, 5) is 26.6. The summed E-state index contributed by atoms with van der Waals surface area (Å²) in [6.45, 7) is 8.94. The molecule has 1 aliphatic carbocycles. The summed E-state index contributed by atoms with van der Waals surface area (Å²) >= 11 is 8.79. The van der Waals surface area contributed by atoms with E-state index in [1.165, 1.54) is 23.1 Å². The van der Waals surface area contributed by atoms with Crippen LogP contribution in [0.5, 0.6) is 5.75 Å². The average Bonchev–Trinajstić information content (AvgIpc) is 3.57. The first-order valence-corrected chi connectivity index (χ1v) is 14.8. The van der Waals surface area contributed by atoms with Crippen LogP contribution in [0.4, 0.5) is 5.00 Å². The largest absolute Gasteiger partial charge is 0.493 e. The number of rotatable bonds is 13. The number of aromatic nitrogens is 3. The van der Waals surface area contributed by atoms with Gasteiger partial charge in [0.1, 0.15) is 16.6 Å². The Labute approximate surface area is 235 Å². The van der Waals surface area contributed by atoms with E-state index < -0.39 is 0 Å². The van der Waals surface area contributed by atoms with E-state index in [-0.39, 0.29) is 17.6 Å². The molecule has 202 valence electrons. The molecule has 0 atom stereocenters. The molecule has 8 nitrogen and oxygen atoms in total. The standard InChI is InChI=1S/C27H31ClN4O4S2/c1-4-13-32-22(10-7-14-36-20-12-11-18(28)15-17(20)3)30-31-27(32)37-16-23(33)29-25-24(26(34)35-5-2)19-8-6-9-21(19)38-25/h4,11-12,15H,1,5-10,13-14,16H2,2-3H3,(H,29,33). The maximum atomic E-state index is 12.8. The molecule has 2 aromatic heterocycles. The Hall–Kier alpha value is -2.82. The second-order valence-corrected chi connectivity index (χ2v) is 11.3. The highest BCUT2D eigenvalue weighted by Gasteiger charge is 2.28. The maximum Gasteiger partial charge on any atom is 0.341 e. The Bertz CT molecular complexity index is 1320. The minimum atomic E-state index is -0.375. The number of nitrogens with one attached hydrogen (secondary N) is 1. The first kappa shape index (κ1) is 28.2. The lowest BCUT2D eigenvalue weighted by Gasteiger charge is -2.10. The van der Waals surface area contributed by atoms with Crippen LogP contribution in [-0.2, 0) is 35.3 Å². The molecular formula is C27H31ClN4O4S2. The summed E-state index contributed by atoms with van der Waals surface area (Å²) in [5.74, 6) is 1.18. The number of thioether (sulfide) groups is 1. The smallest absolute Gasteiger partial charge is 0.341 e. The number of carbonyl (C=O) groups is 2. The summed E-state index contributed by atoms with van der Waals surface area (Å²) in [5.41, 5.74) is 2.52. The van der Waals surface area contributed by atoms with Crippen LogP contribution >= 0.6 is 34.7 Å². The number of halogens is 1. The molecule has 0 saturated heterocycles. The fourth-order valence-corrected chi connectivity index (χ4v) is 6.60. The van der Waals surface area contributed by atoms with Crippen molar-refractivity contribution in [2.45, 2.75) is 57.7 Å². The summed E-state index contributed by atoms with van der Waals surface area (Å²) in [5, 5.41) is 13.5. The van der Waals surface area contributed by atoms with Crippen molar-refractivity contribution in [3.05, 3.63) is 63.3 Å². The molecule has 0 unspecified atom stereocenters. The van der Waals surface area contributed by atoms with Crippen molar-refractivity contribution in [1.82, 2.24) is 14.8 Å². The number of amides is 1. The van der Waals surface area contributed by atoms with Gasteiger partial charge in [-0.25, -0.2) is 4.79 Å². The molecule has 0 radical (unpaired) electrons. The summed E-state index contributed by atoms with van der Waals surface area (Å²) in [6, 6.07) is 5.56. The third-order valence-electron chi connectivity index (χ3n) is 6.03. The molecule has 0 fully saturated rings. The van der Waals surface area contributed by atoms with Crippen LogP contribution < -0.4 is 10.1 Å². The summed E-state index contributed by atoms with van der Waals surface area (Å²) in [6.07, 6.45) is 5.98. The Morgan fingerprint density at radius 3 is 2.92 bits per heavy atom. The van der Waals surface area contributed by atoms with Crippen molar-refractivity contribution in [3.63, 3.8) is 0 Å². The van der Waals surface area contributed by atoms with E-state index in [4.69, 9.17) is 21.1 Å². The molecule has 0 bridgehead atoms. The first-order chi connectivity index (χ1) is 18.4. The van der Waals surface area contributed by atoms with Crippen molar-refractivity contribution >= 4 is 51.6 Å². The van der Waals surface area contributed by atoms with E-state index in [2.05, 4.69) is 22.1 Å². The number of benzene rings is 1. The molecule has 38 heavy (non-hydrogen) atoms. The summed E-state index contributed by atoms with van der Waals surface area (Å²) < 4.78 is 13.1. The van der Waals surface area contributed by atoms with E-state index in [0.29, 0.717) is 46.9 Å². The van der Waals surface area contributed by atoms with Crippen molar-refractivity contribution < 1.29 is 19.1 Å². The molecule has 1 N–H and O–H groups in total. The fraction of sp³-hybridized carbons (Fsp3) is 0.407. The van der Waals surface area contributed by atoms with Gasteiger partial charge in [-0.1, -0.05) is 29.4 Å². The van der Waals surface area contributed by atoms with Crippen LogP contribution in [0.15, 0.2) is 36.0 Å². The number of hydrogen-bond acceptors (Lipinski definition) is 8. The zero-order valence-electron chi connectivity index (χ0n) is 21.5. The number of fused-ring (bicyclic) bond motifs is 1. The quantitative estimate of drug-likeness (QED) is 0.118. The predicted molar refractivity (Wildman–Crippen MR) is 152 cm³/mol. The molecule has 4 rings (SSSR count). The molecule has 0 spiro atoms. The van der Waals surface area contributed by atoms with Gasteiger partial charge in [0.25, 0.3) is 0 Å². The number of thiophene rings is 1. The van der Waals surface area contributed by atoms with Crippen molar-refractivity contribution in [2.24, 2.45) is 0 Å². The van der Waals surface area contributed by atoms with Gasteiger partial charge in [-0.3, -0.25) is 4.79 Å². The fourth-order valence-electron chi connectivity index (χ4n) is 4.31. The van der Waals surface area contributed by atoms with Gasteiger partial charge in [0.05, 0.1) is 24.5 Å². The maximum absolute atomic E-state index is 12.8. The lowest BCUT2D eigenvalue weighted by Crippen LogP contribution is -2.17. The topological polar surface area (TPSA) is 95.3 Å². The molecule has 1 aromatic carbocycles. The number of allylic oxidation sites excluding steroid dienone is 1. The number of nitrogens with zero attached hydrogens (tertiary/aromatic N) is 3.